The van der Waals surface area contributed by atoms with Crippen molar-refractivity contribution < 1.29 is 0 Å². The maximum absolute atomic E-state index is 4.32. The van der Waals surface area contributed by atoms with Crippen LogP contribution in [0.1, 0.15) is 38.8 Å². The van der Waals surface area contributed by atoms with E-state index in [1.807, 2.05) is 13.0 Å². The van der Waals surface area contributed by atoms with Gasteiger partial charge in [-0.2, -0.15) is 14.6 Å². The minimum Gasteiger partial charge on any atom is -0.367 e. The number of rotatable bonds is 5. The highest BCUT2D eigenvalue weighted by molar-refractivity contribution is 5.45. The van der Waals surface area contributed by atoms with E-state index in [1.54, 1.807) is 4.52 Å². The van der Waals surface area contributed by atoms with E-state index in [1.165, 1.54) is 19.2 Å². The van der Waals surface area contributed by atoms with E-state index in [9.17, 15) is 0 Å². The summed E-state index contributed by atoms with van der Waals surface area (Å²) in [5, 5.41) is 7.64. The van der Waals surface area contributed by atoms with Crippen LogP contribution in [0.25, 0.3) is 5.78 Å². The van der Waals surface area contributed by atoms with Crippen molar-refractivity contribution in [2.75, 3.05) is 5.32 Å². The first kappa shape index (κ1) is 11.8. The van der Waals surface area contributed by atoms with Crippen LogP contribution in [0.4, 0.5) is 5.82 Å². The molecule has 1 unspecified atom stereocenters. The van der Waals surface area contributed by atoms with Crippen LogP contribution in [0.3, 0.4) is 0 Å². The summed E-state index contributed by atoms with van der Waals surface area (Å²) in [5.41, 5.74) is 0.954. The molecule has 2 aromatic rings. The molecule has 0 aliphatic heterocycles. The number of anilines is 1. The minimum absolute atomic E-state index is 0.434. The van der Waals surface area contributed by atoms with Gasteiger partial charge in [-0.05, 0) is 20.3 Å². The number of nitrogens with one attached hydrogen (secondary N) is 1. The molecule has 1 N–H and O–H groups in total. The lowest BCUT2D eigenvalue weighted by Crippen LogP contribution is -2.17. The summed E-state index contributed by atoms with van der Waals surface area (Å²) in [7, 11) is 0. The Hall–Kier alpha value is -1.65. The Morgan fingerprint density at radius 3 is 3.06 bits per heavy atom. The molecule has 0 saturated carbocycles. The predicted octanol–water partition coefficient (Wildman–Crippen LogP) is 2.42. The van der Waals surface area contributed by atoms with Crippen LogP contribution in [0.15, 0.2) is 12.4 Å². The lowest BCUT2D eigenvalue weighted by molar-refractivity contribution is 0.640. The monoisotopic (exact) mass is 233 g/mol. The molecule has 0 saturated heterocycles. The highest BCUT2D eigenvalue weighted by Gasteiger charge is 2.08. The van der Waals surface area contributed by atoms with E-state index in [0.29, 0.717) is 11.8 Å². The van der Waals surface area contributed by atoms with E-state index in [0.717, 1.165) is 17.9 Å². The first-order valence-corrected chi connectivity index (χ1v) is 6.14. The number of aryl methyl sites for hydroxylation is 1. The largest absolute Gasteiger partial charge is 0.367 e. The fourth-order valence-corrected chi connectivity index (χ4v) is 1.87. The summed E-state index contributed by atoms with van der Waals surface area (Å²) in [5.74, 6) is 1.61. The molecule has 2 aromatic heterocycles. The van der Waals surface area contributed by atoms with Gasteiger partial charge in [0.05, 0.1) is 0 Å². The number of fused-ring (bicyclic) bond motifs is 1. The van der Waals surface area contributed by atoms with E-state index in [-0.39, 0.29) is 0 Å². The molecular formula is C12H19N5. The molecule has 17 heavy (non-hydrogen) atoms. The molecular weight excluding hydrogens is 214 g/mol. The van der Waals surface area contributed by atoms with Gasteiger partial charge in [-0.1, -0.05) is 19.8 Å². The second kappa shape index (κ2) is 5.12. The molecule has 92 valence electrons. The number of unbranched alkanes of at least 4 members (excludes halogenated alkanes) is 1. The van der Waals surface area contributed by atoms with Crippen LogP contribution in [-0.2, 0) is 0 Å². The topological polar surface area (TPSA) is 55.1 Å². The summed E-state index contributed by atoms with van der Waals surface area (Å²) in [6.45, 7) is 6.36. The van der Waals surface area contributed by atoms with Crippen molar-refractivity contribution in [1.29, 1.82) is 0 Å². The first-order chi connectivity index (χ1) is 8.20. The van der Waals surface area contributed by atoms with Gasteiger partial charge in [0.1, 0.15) is 12.1 Å². The SMILES string of the molecule is CCCCC(C)Nc1cc(C)nc2ncnn12. The Morgan fingerprint density at radius 1 is 1.47 bits per heavy atom. The third-order valence-electron chi connectivity index (χ3n) is 2.76. The average molecular weight is 233 g/mol. The van der Waals surface area contributed by atoms with Gasteiger partial charge in [0.25, 0.3) is 5.78 Å². The van der Waals surface area contributed by atoms with Crippen molar-refractivity contribution in [3.63, 3.8) is 0 Å². The smallest absolute Gasteiger partial charge is 0.254 e. The van der Waals surface area contributed by atoms with E-state index in [4.69, 9.17) is 0 Å². The predicted molar refractivity (Wildman–Crippen MR) is 68.1 cm³/mol. The van der Waals surface area contributed by atoms with Crippen LogP contribution >= 0.6 is 0 Å². The normalized spacial score (nSPS) is 12.9. The maximum atomic E-state index is 4.32. The summed E-state index contributed by atoms with van der Waals surface area (Å²) in [4.78, 5) is 8.43. The highest BCUT2D eigenvalue weighted by atomic mass is 15.4. The lowest BCUT2D eigenvalue weighted by Gasteiger charge is -2.15. The van der Waals surface area contributed by atoms with Crippen molar-refractivity contribution in [3.8, 4) is 0 Å². The molecule has 5 heteroatoms. The third-order valence-corrected chi connectivity index (χ3v) is 2.76. The second-order valence-electron chi connectivity index (χ2n) is 4.44. The lowest BCUT2D eigenvalue weighted by atomic mass is 10.1. The van der Waals surface area contributed by atoms with Crippen molar-refractivity contribution in [2.45, 2.75) is 46.1 Å². The molecule has 0 bridgehead atoms. The van der Waals surface area contributed by atoms with Gasteiger partial charge >= 0.3 is 0 Å². The molecule has 0 radical (unpaired) electrons. The van der Waals surface area contributed by atoms with Crippen LogP contribution < -0.4 is 5.32 Å². The molecule has 0 spiro atoms. The van der Waals surface area contributed by atoms with Crippen LogP contribution in [0, 0.1) is 6.92 Å². The Balaban J connectivity index is 2.19. The Labute approximate surface area is 101 Å². The van der Waals surface area contributed by atoms with E-state index in [2.05, 4.69) is 34.2 Å². The Kier molecular flexibility index (Phi) is 3.56. The van der Waals surface area contributed by atoms with Crippen LogP contribution in [0.5, 0.6) is 0 Å². The van der Waals surface area contributed by atoms with Gasteiger partial charge < -0.3 is 5.32 Å². The fraction of sp³-hybridized carbons (Fsp3) is 0.583. The zero-order valence-corrected chi connectivity index (χ0v) is 10.6. The van der Waals surface area contributed by atoms with Gasteiger partial charge in [0, 0.05) is 17.8 Å². The molecule has 2 rings (SSSR count). The van der Waals surface area contributed by atoms with Crippen LogP contribution in [-0.4, -0.2) is 25.6 Å². The zero-order chi connectivity index (χ0) is 12.3. The van der Waals surface area contributed by atoms with Gasteiger partial charge in [-0.3, -0.25) is 0 Å². The molecule has 0 aromatic carbocycles. The summed E-state index contributed by atoms with van der Waals surface area (Å²) in [6.07, 6.45) is 5.15. The molecule has 0 fully saturated rings. The average Bonchev–Trinajstić information content (AvgIpc) is 2.74. The maximum Gasteiger partial charge on any atom is 0.254 e. The Morgan fingerprint density at radius 2 is 2.29 bits per heavy atom. The van der Waals surface area contributed by atoms with Gasteiger partial charge in [0.2, 0.25) is 0 Å². The summed E-state index contributed by atoms with van der Waals surface area (Å²) in [6, 6.07) is 2.44. The van der Waals surface area contributed by atoms with Crippen molar-refractivity contribution in [2.24, 2.45) is 0 Å². The molecule has 0 amide bonds. The summed E-state index contributed by atoms with van der Waals surface area (Å²) < 4.78 is 1.75. The second-order valence-corrected chi connectivity index (χ2v) is 4.44. The third kappa shape index (κ3) is 2.72. The first-order valence-electron chi connectivity index (χ1n) is 6.14. The fourth-order valence-electron chi connectivity index (χ4n) is 1.87. The molecule has 2 heterocycles. The molecule has 5 nitrogen and oxygen atoms in total. The van der Waals surface area contributed by atoms with Crippen molar-refractivity contribution in [3.05, 3.63) is 18.1 Å². The number of aromatic nitrogens is 4. The molecule has 0 aliphatic rings. The minimum atomic E-state index is 0.434. The van der Waals surface area contributed by atoms with Gasteiger partial charge in [-0.15, -0.1) is 0 Å². The van der Waals surface area contributed by atoms with Crippen LogP contribution in [0.2, 0.25) is 0 Å². The molecule has 0 aliphatic carbocycles. The standard InChI is InChI=1S/C12H19N5/c1-4-5-6-9(2)15-11-7-10(3)16-12-13-8-14-17(11)12/h7-9,15H,4-6H2,1-3H3. The van der Waals surface area contributed by atoms with E-state index >= 15 is 0 Å². The quantitative estimate of drug-likeness (QED) is 0.861. The van der Waals surface area contributed by atoms with E-state index < -0.39 is 0 Å². The zero-order valence-electron chi connectivity index (χ0n) is 10.6. The van der Waals surface area contributed by atoms with Crippen molar-refractivity contribution >= 4 is 11.6 Å². The van der Waals surface area contributed by atoms with Gasteiger partial charge in [0.15, 0.2) is 0 Å². The van der Waals surface area contributed by atoms with Gasteiger partial charge in [-0.25, -0.2) is 4.98 Å². The number of hydrogen-bond acceptors (Lipinski definition) is 4. The highest BCUT2D eigenvalue weighted by Crippen LogP contribution is 2.13. The number of hydrogen-bond donors (Lipinski definition) is 1. The summed E-state index contributed by atoms with van der Waals surface area (Å²) >= 11 is 0. The molecule has 1 atom stereocenters. The van der Waals surface area contributed by atoms with Crippen molar-refractivity contribution in [1.82, 2.24) is 19.6 Å². The Bertz CT molecular complexity index is 491. The number of nitrogens with zero attached hydrogens (tertiary/aromatic N) is 4.